The molecule has 0 aromatic carbocycles. The Morgan fingerprint density at radius 2 is 2.05 bits per heavy atom. The molecule has 0 radical (unpaired) electrons. The van der Waals surface area contributed by atoms with E-state index in [0.717, 1.165) is 29.8 Å². The summed E-state index contributed by atoms with van der Waals surface area (Å²) in [4.78, 5) is 0. The predicted molar refractivity (Wildman–Crippen MR) is 83.6 cm³/mol. The molecule has 1 fully saturated rings. The molecule has 1 aromatic rings. The molecule has 122 valence electrons. The van der Waals surface area contributed by atoms with Crippen LogP contribution in [0.25, 0.3) is 0 Å². The van der Waals surface area contributed by atoms with Crippen LogP contribution in [-0.4, -0.2) is 34.0 Å². The molecule has 0 aliphatic heterocycles. The summed E-state index contributed by atoms with van der Waals surface area (Å²) in [5, 5.41) is 14.6. The van der Waals surface area contributed by atoms with Crippen LogP contribution in [-0.2, 0) is 13.0 Å². The molecule has 8 heteroatoms. The maximum Gasteiger partial charge on any atom is 0.394 e. The fourth-order valence-electron chi connectivity index (χ4n) is 3.45. The first-order chi connectivity index (χ1) is 10.1. The number of hydrogen-bond acceptors (Lipinski definition) is 2. The van der Waals surface area contributed by atoms with Gasteiger partial charge in [-0.2, -0.15) is 18.3 Å². The van der Waals surface area contributed by atoms with Gasteiger partial charge in [-0.1, -0.05) is 0 Å². The Balaban J connectivity index is 1.82. The summed E-state index contributed by atoms with van der Waals surface area (Å²) in [7, 11) is 4.67. The molecule has 0 spiro atoms. The number of aromatic nitrogens is 2. The zero-order valence-corrected chi connectivity index (χ0v) is 14.0. The van der Waals surface area contributed by atoms with Crippen LogP contribution in [0.3, 0.4) is 0 Å². The number of aliphatic hydroxyl groups excluding tert-OH is 1. The van der Waals surface area contributed by atoms with Crippen molar-refractivity contribution in [3.63, 3.8) is 0 Å². The summed E-state index contributed by atoms with van der Waals surface area (Å²) >= 11 is 0. The van der Waals surface area contributed by atoms with Gasteiger partial charge in [0.25, 0.3) is 0 Å². The highest BCUT2D eigenvalue weighted by Crippen LogP contribution is 2.60. The second kappa shape index (κ2) is 4.97. The smallest absolute Gasteiger partial charge is 0.388 e. The lowest BCUT2D eigenvalue weighted by molar-refractivity contribution is -0.189. The van der Waals surface area contributed by atoms with Gasteiger partial charge in [0.1, 0.15) is 7.85 Å². The maximum atomic E-state index is 13.0. The lowest BCUT2D eigenvalue weighted by Crippen LogP contribution is -2.35. The van der Waals surface area contributed by atoms with Crippen LogP contribution in [0.5, 0.6) is 0 Å². The Kier molecular flexibility index (Phi) is 3.69. The minimum Gasteiger partial charge on any atom is -0.388 e. The summed E-state index contributed by atoms with van der Waals surface area (Å²) in [5.74, 6) is 0. The van der Waals surface area contributed by atoms with Gasteiger partial charge in [0.15, 0.2) is 0 Å². The molecule has 2 aliphatic carbocycles. The monoisotopic (exact) mass is 332 g/mol. The van der Waals surface area contributed by atoms with E-state index in [1.165, 1.54) is 0 Å². The van der Waals surface area contributed by atoms with Gasteiger partial charge in [0.05, 0.1) is 17.2 Å². The molecule has 2 aliphatic rings. The number of halogens is 3. The highest BCUT2D eigenvalue weighted by molar-refractivity contribution is 7.22. The van der Waals surface area contributed by atoms with Crippen molar-refractivity contribution in [1.29, 1.82) is 0 Å². The molecule has 1 N–H and O–H groups in total. The fraction of sp³-hybridized carbons (Fsp3) is 0.786. The molecule has 1 saturated carbocycles. The molecule has 22 heavy (non-hydrogen) atoms. The van der Waals surface area contributed by atoms with E-state index < -0.39 is 17.7 Å². The molecular weight excluding hydrogens is 311 g/mol. The van der Waals surface area contributed by atoms with Gasteiger partial charge in [0, 0.05) is 17.8 Å². The van der Waals surface area contributed by atoms with Gasteiger partial charge < -0.3 is 5.11 Å². The van der Waals surface area contributed by atoms with Crippen molar-refractivity contribution < 1.29 is 18.3 Å². The summed E-state index contributed by atoms with van der Waals surface area (Å²) in [6, 6.07) is 0. The second-order valence-electron chi connectivity index (χ2n) is 7.11. The van der Waals surface area contributed by atoms with E-state index in [4.69, 9.17) is 0 Å². The van der Waals surface area contributed by atoms with E-state index in [2.05, 4.69) is 14.3 Å². The third kappa shape index (κ3) is 2.50. The summed E-state index contributed by atoms with van der Waals surface area (Å²) in [6.07, 6.45) is -2.69. The van der Waals surface area contributed by atoms with Crippen molar-refractivity contribution >= 4 is 17.1 Å². The van der Waals surface area contributed by atoms with Crippen molar-refractivity contribution in [2.24, 2.45) is 5.41 Å². The fourth-order valence-corrected chi connectivity index (χ4v) is 3.76. The van der Waals surface area contributed by atoms with Crippen molar-refractivity contribution in [2.45, 2.75) is 62.9 Å². The van der Waals surface area contributed by atoms with Crippen molar-refractivity contribution in [1.82, 2.24) is 9.78 Å². The second-order valence-corrected chi connectivity index (χ2v) is 8.42. The number of hydrogen-bond donors (Lipinski definition) is 1. The minimum absolute atomic E-state index is 0.0816. The first kappa shape index (κ1) is 16.3. The lowest BCUT2D eigenvalue weighted by Gasteiger charge is -2.35. The van der Waals surface area contributed by atoms with E-state index in [0.29, 0.717) is 0 Å². The van der Waals surface area contributed by atoms with Crippen molar-refractivity contribution in [2.75, 3.05) is 0 Å². The Labute approximate surface area is 131 Å². The Hall–Kier alpha value is -0.545. The molecule has 0 amide bonds. The number of nitrogens with zero attached hydrogens (tertiary/aromatic N) is 2. The third-order valence-corrected chi connectivity index (χ3v) is 5.94. The largest absolute Gasteiger partial charge is 0.394 e. The highest BCUT2D eigenvalue weighted by Gasteiger charge is 2.62. The molecule has 3 unspecified atom stereocenters. The SMILES string of the molecule is BC1(P)CCc2c(c(C)nn2CCC2(C(F)(F)F)CC2)C1O. The maximum absolute atomic E-state index is 13.0. The standard InChI is InChI=1S/C14H21BF3N2OP/c1-8-10-9(2-3-13(15,22)11(10)21)20(19-8)7-6-12(4-5-12)14(16,17)18/h11,21H,2-7,15,22H2,1H3. The highest BCUT2D eigenvalue weighted by atomic mass is 31.0. The number of rotatable bonds is 3. The zero-order chi connectivity index (χ0) is 16.3. The first-order valence-electron chi connectivity index (χ1n) is 7.67. The van der Waals surface area contributed by atoms with E-state index in [-0.39, 0.29) is 30.9 Å². The van der Waals surface area contributed by atoms with E-state index in [9.17, 15) is 18.3 Å². The molecule has 1 aromatic heterocycles. The van der Waals surface area contributed by atoms with Crippen LogP contribution in [0, 0.1) is 12.3 Å². The predicted octanol–water partition coefficient (Wildman–Crippen LogP) is 2.11. The Morgan fingerprint density at radius 3 is 2.59 bits per heavy atom. The molecule has 1 heterocycles. The molecule has 3 nitrogen and oxygen atoms in total. The molecule has 0 bridgehead atoms. The van der Waals surface area contributed by atoms with Crippen LogP contribution in [0.4, 0.5) is 13.2 Å². The zero-order valence-electron chi connectivity index (χ0n) is 12.9. The van der Waals surface area contributed by atoms with Gasteiger partial charge in [-0.15, -0.1) is 9.24 Å². The Morgan fingerprint density at radius 1 is 1.41 bits per heavy atom. The van der Waals surface area contributed by atoms with E-state index in [1.807, 2.05) is 14.8 Å². The van der Waals surface area contributed by atoms with E-state index in [1.54, 1.807) is 4.68 Å². The molecular formula is C14H21BF3N2OP. The topological polar surface area (TPSA) is 38.0 Å². The van der Waals surface area contributed by atoms with Crippen LogP contribution < -0.4 is 0 Å². The number of aliphatic hydroxyl groups is 1. The number of fused-ring (bicyclic) bond motifs is 1. The van der Waals surface area contributed by atoms with Crippen LogP contribution >= 0.6 is 9.24 Å². The molecule has 0 saturated heterocycles. The molecule has 3 atom stereocenters. The van der Waals surface area contributed by atoms with Gasteiger partial charge in [-0.25, -0.2) is 0 Å². The molecule has 3 rings (SSSR count). The average Bonchev–Trinajstić information content (AvgIpc) is 3.12. The summed E-state index contributed by atoms with van der Waals surface area (Å²) < 4.78 is 40.8. The number of aryl methyl sites for hydroxylation is 2. The van der Waals surface area contributed by atoms with Crippen LogP contribution in [0.2, 0.25) is 0 Å². The van der Waals surface area contributed by atoms with Crippen LogP contribution in [0.15, 0.2) is 0 Å². The van der Waals surface area contributed by atoms with Gasteiger partial charge in [-0.3, -0.25) is 4.68 Å². The average molecular weight is 332 g/mol. The summed E-state index contributed by atoms with van der Waals surface area (Å²) in [5.41, 5.74) is 0.943. The third-order valence-electron chi connectivity index (χ3n) is 5.34. The van der Waals surface area contributed by atoms with Crippen molar-refractivity contribution in [3.05, 3.63) is 17.0 Å². The summed E-state index contributed by atoms with van der Waals surface area (Å²) in [6.45, 7) is 2.09. The van der Waals surface area contributed by atoms with Gasteiger partial charge in [-0.05, 0) is 44.1 Å². The van der Waals surface area contributed by atoms with Crippen LogP contribution in [0.1, 0.15) is 48.7 Å². The normalized spacial score (nSPS) is 30.2. The number of alkyl halides is 3. The van der Waals surface area contributed by atoms with Crippen molar-refractivity contribution in [3.8, 4) is 0 Å². The lowest BCUT2D eigenvalue weighted by atomic mass is 9.71. The quantitative estimate of drug-likeness (QED) is 0.680. The minimum atomic E-state index is -4.12. The Bertz CT molecular complexity index is 596. The van der Waals surface area contributed by atoms with Gasteiger partial charge in [0.2, 0.25) is 0 Å². The first-order valence-corrected chi connectivity index (χ1v) is 8.25. The van der Waals surface area contributed by atoms with E-state index >= 15 is 0 Å². The van der Waals surface area contributed by atoms with Gasteiger partial charge >= 0.3 is 6.18 Å².